The van der Waals surface area contributed by atoms with Gasteiger partial charge >= 0.3 is 0 Å². The van der Waals surface area contributed by atoms with E-state index in [2.05, 4.69) is 46.6 Å². The summed E-state index contributed by atoms with van der Waals surface area (Å²) in [5.41, 5.74) is 2.27. The van der Waals surface area contributed by atoms with Gasteiger partial charge in [0.2, 0.25) is 0 Å². The van der Waals surface area contributed by atoms with Crippen LogP contribution in [0.1, 0.15) is 31.9 Å². The Balaban J connectivity index is 1.53. The lowest BCUT2D eigenvalue weighted by Gasteiger charge is -2.20. The van der Waals surface area contributed by atoms with Crippen molar-refractivity contribution in [2.24, 2.45) is 0 Å². The van der Waals surface area contributed by atoms with Crippen molar-refractivity contribution in [1.82, 2.24) is 10.1 Å². The zero-order valence-electron chi connectivity index (χ0n) is 13.5. The molecule has 1 aromatic carbocycles. The summed E-state index contributed by atoms with van der Waals surface area (Å²) in [6, 6.07) is 12.3. The molecule has 1 N–H and O–H groups in total. The number of nitrogens with zero attached hydrogens (tertiary/aromatic N) is 2. The topological polar surface area (TPSA) is 41.3 Å². The van der Waals surface area contributed by atoms with Crippen molar-refractivity contribution in [3.05, 3.63) is 48.4 Å². The van der Waals surface area contributed by atoms with E-state index >= 15 is 0 Å². The van der Waals surface area contributed by atoms with Crippen LogP contribution in [0.15, 0.2) is 47.2 Å². The SMILES string of the molecule is CCN(CCCCCc1ccon1)CCNc1ccccc1. The van der Waals surface area contributed by atoms with Gasteiger partial charge in [-0.05, 0) is 44.5 Å². The lowest BCUT2D eigenvalue weighted by molar-refractivity contribution is 0.291. The number of hydrogen-bond donors (Lipinski definition) is 1. The van der Waals surface area contributed by atoms with E-state index in [1.165, 1.54) is 31.5 Å². The van der Waals surface area contributed by atoms with Crippen LogP contribution in [-0.4, -0.2) is 36.2 Å². The smallest absolute Gasteiger partial charge is 0.124 e. The first-order valence-corrected chi connectivity index (χ1v) is 8.29. The first kappa shape index (κ1) is 16.6. The highest BCUT2D eigenvalue weighted by Gasteiger charge is 2.02. The van der Waals surface area contributed by atoms with Crippen LogP contribution in [0.25, 0.3) is 0 Å². The summed E-state index contributed by atoms with van der Waals surface area (Å²) in [6.07, 6.45) is 6.35. The molecule has 0 amide bonds. The standard InChI is InChI=1S/C18H27N3O/c1-2-21(15-13-19-17-9-5-3-6-10-17)14-8-4-7-11-18-12-16-22-20-18/h3,5-6,9-10,12,16,19H,2,4,7-8,11,13-15H2,1H3. The molecule has 0 unspecified atom stereocenters. The van der Waals surface area contributed by atoms with Gasteiger partial charge in [0.1, 0.15) is 6.26 Å². The van der Waals surface area contributed by atoms with Gasteiger partial charge in [0.15, 0.2) is 0 Å². The van der Waals surface area contributed by atoms with Crippen molar-refractivity contribution in [2.75, 3.05) is 31.5 Å². The second kappa shape index (κ2) is 10.0. The normalized spacial score (nSPS) is 11.0. The zero-order chi connectivity index (χ0) is 15.5. The largest absolute Gasteiger partial charge is 0.384 e. The van der Waals surface area contributed by atoms with E-state index in [0.29, 0.717) is 0 Å². The molecule has 0 saturated carbocycles. The van der Waals surface area contributed by atoms with E-state index in [-0.39, 0.29) is 0 Å². The highest BCUT2D eigenvalue weighted by molar-refractivity contribution is 5.42. The molecule has 4 heteroatoms. The molecule has 2 rings (SSSR count). The van der Waals surface area contributed by atoms with Crippen molar-refractivity contribution in [1.29, 1.82) is 0 Å². The fraction of sp³-hybridized carbons (Fsp3) is 0.500. The number of nitrogens with one attached hydrogen (secondary N) is 1. The number of anilines is 1. The minimum atomic E-state index is 0.997. The Morgan fingerprint density at radius 3 is 2.64 bits per heavy atom. The molecular formula is C18H27N3O. The second-order valence-corrected chi connectivity index (χ2v) is 5.53. The molecule has 0 aliphatic heterocycles. The van der Waals surface area contributed by atoms with Gasteiger partial charge in [-0.2, -0.15) is 0 Å². The van der Waals surface area contributed by atoms with E-state index in [1.54, 1.807) is 6.26 Å². The van der Waals surface area contributed by atoms with Gasteiger partial charge in [0, 0.05) is 24.8 Å². The summed E-state index contributed by atoms with van der Waals surface area (Å²) >= 11 is 0. The maximum atomic E-state index is 4.84. The second-order valence-electron chi connectivity index (χ2n) is 5.53. The number of aromatic nitrogens is 1. The van der Waals surface area contributed by atoms with Gasteiger partial charge in [-0.1, -0.05) is 36.7 Å². The molecule has 1 aromatic heterocycles. The number of likely N-dealkylation sites (N-methyl/N-ethyl adjacent to an activating group) is 1. The molecule has 0 saturated heterocycles. The van der Waals surface area contributed by atoms with Crippen LogP contribution in [0.5, 0.6) is 0 Å². The van der Waals surface area contributed by atoms with E-state index in [9.17, 15) is 0 Å². The van der Waals surface area contributed by atoms with Crippen molar-refractivity contribution < 1.29 is 4.52 Å². The lowest BCUT2D eigenvalue weighted by Crippen LogP contribution is -2.30. The third-order valence-corrected chi connectivity index (χ3v) is 3.88. The Kier molecular flexibility index (Phi) is 7.53. The Labute approximate surface area is 133 Å². The fourth-order valence-corrected chi connectivity index (χ4v) is 2.53. The minimum absolute atomic E-state index is 0.997. The number of benzene rings is 1. The maximum absolute atomic E-state index is 4.84. The van der Waals surface area contributed by atoms with Gasteiger partial charge in [-0.15, -0.1) is 0 Å². The quantitative estimate of drug-likeness (QED) is 0.641. The first-order valence-electron chi connectivity index (χ1n) is 8.29. The van der Waals surface area contributed by atoms with Gasteiger partial charge in [-0.25, -0.2) is 0 Å². The summed E-state index contributed by atoms with van der Waals surface area (Å²) in [4.78, 5) is 2.51. The number of para-hydroxylation sites is 1. The Hall–Kier alpha value is -1.81. The molecule has 22 heavy (non-hydrogen) atoms. The summed E-state index contributed by atoms with van der Waals surface area (Å²) < 4.78 is 4.84. The fourth-order valence-electron chi connectivity index (χ4n) is 2.53. The number of unbranched alkanes of at least 4 members (excludes halogenated alkanes) is 2. The summed E-state index contributed by atoms with van der Waals surface area (Å²) in [5.74, 6) is 0. The van der Waals surface area contributed by atoms with Gasteiger partial charge < -0.3 is 14.7 Å². The van der Waals surface area contributed by atoms with Crippen molar-refractivity contribution >= 4 is 5.69 Å². The van der Waals surface area contributed by atoms with E-state index in [1.807, 2.05) is 12.1 Å². The summed E-state index contributed by atoms with van der Waals surface area (Å²) in [5, 5.41) is 7.41. The van der Waals surface area contributed by atoms with Gasteiger partial charge in [-0.3, -0.25) is 0 Å². The molecule has 0 fully saturated rings. The molecule has 120 valence electrons. The van der Waals surface area contributed by atoms with E-state index in [0.717, 1.165) is 31.7 Å². The highest BCUT2D eigenvalue weighted by Crippen LogP contribution is 2.06. The first-order chi connectivity index (χ1) is 10.9. The number of hydrogen-bond acceptors (Lipinski definition) is 4. The molecule has 4 nitrogen and oxygen atoms in total. The predicted molar refractivity (Wildman–Crippen MR) is 91.1 cm³/mol. The Morgan fingerprint density at radius 1 is 1.05 bits per heavy atom. The lowest BCUT2D eigenvalue weighted by atomic mass is 10.1. The summed E-state index contributed by atoms with van der Waals surface area (Å²) in [7, 11) is 0. The molecular weight excluding hydrogens is 274 g/mol. The summed E-state index contributed by atoms with van der Waals surface area (Å²) in [6.45, 7) is 6.61. The minimum Gasteiger partial charge on any atom is -0.384 e. The van der Waals surface area contributed by atoms with Crippen molar-refractivity contribution in [2.45, 2.75) is 32.6 Å². The van der Waals surface area contributed by atoms with Crippen LogP contribution in [-0.2, 0) is 6.42 Å². The van der Waals surface area contributed by atoms with E-state index < -0.39 is 0 Å². The van der Waals surface area contributed by atoms with Crippen LogP contribution in [0.3, 0.4) is 0 Å². The maximum Gasteiger partial charge on any atom is 0.124 e. The third kappa shape index (κ3) is 6.31. The Morgan fingerprint density at radius 2 is 1.91 bits per heavy atom. The Bertz CT molecular complexity index is 484. The molecule has 0 aliphatic carbocycles. The van der Waals surface area contributed by atoms with Crippen molar-refractivity contribution in [3.8, 4) is 0 Å². The van der Waals surface area contributed by atoms with Crippen LogP contribution < -0.4 is 5.32 Å². The molecule has 1 heterocycles. The number of rotatable bonds is 11. The number of aryl methyl sites for hydroxylation is 1. The van der Waals surface area contributed by atoms with Crippen LogP contribution in [0.2, 0.25) is 0 Å². The van der Waals surface area contributed by atoms with E-state index in [4.69, 9.17) is 4.52 Å². The van der Waals surface area contributed by atoms with Crippen LogP contribution >= 0.6 is 0 Å². The molecule has 0 radical (unpaired) electrons. The average Bonchev–Trinajstić information content (AvgIpc) is 3.07. The zero-order valence-corrected chi connectivity index (χ0v) is 13.5. The molecule has 2 aromatic rings. The average molecular weight is 301 g/mol. The molecule has 0 spiro atoms. The van der Waals surface area contributed by atoms with Crippen LogP contribution in [0.4, 0.5) is 5.69 Å². The van der Waals surface area contributed by atoms with Gasteiger partial charge in [0.25, 0.3) is 0 Å². The predicted octanol–water partition coefficient (Wildman–Crippen LogP) is 3.82. The van der Waals surface area contributed by atoms with Crippen molar-refractivity contribution in [3.63, 3.8) is 0 Å². The molecule has 0 bridgehead atoms. The van der Waals surface area contributed by atoms with Crippen LogP contribution in [0, 0.1) is 0 Å². The highest BCUT2D eigenvalue weighted by atomic mass is 16.5. The molecule has 0 aliphatic rings. The third-order valence-electron chi connectivity index (χ3n) is 3.88. The molecule has 0 atom stereocenters. The monoisotopic (exact) mass is 301 g/mol. The van der Waals surface area contributed by atoms with Gasteiger partial charge in [0.05, 0.1) is 5.69 Å².